The zero-order valence-corrected chi connectivity index (χ0v) is 9.22. The highest BCUT2D eigenvalue weighted by molar-refractivity contribution is 5.93. The van der Waals surface area contributed by atoms with Crippen molar-refractivity contribution in [3.8, 4) is 0 Å². The lowest BCUT2D eigenvalue weighted by Gasteiger charge is -2.35. The summed E-state index contributed by atoms with van der Waals surface area (Å²) in [5.41, 5.74) is 0.602. The number of amides is 1. The normalized spacial score (nSPS) is 21.1. The van der Waals surface area contributed by atoms with Gasteiger partial charge in [-0.25, -0.2) is 0 Å². The van der Waals surface area contributed by atoms with E-state index in [1.807, 2.05) is 4.90 Å². The topological polar surface area (TPSA) is 69.2 Å². The molecule has 1 unspecified atom stereocenters. The number of rotatable bonds is 3. The van der Waals surface area contributed by atoms with Gasteiger partial charge in [-0.1, -0.05) is 0 Å². The molecule has 1 aromatic heterocycles. The van der Waals surface area contributed by atoms with E-state index in [-0.39, 0.29) is 18.6 Å². The third-order valence-corrected chi connectivity index (χ3v) is 3.10. The molecule has 2 N–H and O–H groups in total. The Bertz CT molecular complexity index is 335. The summed E-state index contributed by atoms with van der Waals surface area (Å²) in [6.07, 6.45) is 7.01. The van der Waals surface area contributed by atoms with Crippen LogP contribution < -0.4 is 0 Å². The molecule has 2 rings (SSSR count). The number of carbonyl (C=O) groups is 1. The summed E-state index contributed by atoms with van der Waals surface area (Å²) >= 11 is 0. The molecule has 0 radical (unpaired) electrons. The van der Waals surface area contributed by atoms with Crippen LogP contribution in [-0.2, 0) is 0 Å². The van der Waals surface area contributed by atoms with Gasteiger partial charge in [0, 0.05) is 25.4 Å². The van der Waals surface area contributed by atoms with Crippen LogP contribution in [0.2, 0.25) is 0 Å². The third-order valence-electron chi connectivity index (χ3n) is 3.10. The number of nitrogens with zero attached hydrogens (tertiary/aromatic N) is 2. The van der Waals surface area contributed by atoms with Gasteiger partial charge in [0.1, 0.15) is 0 Å². The number of hydrogen-bond donors (Lipinski definition) is 2. The summed E-state index contributed by atoms with van der Waals surface area (Å²) in [6.45, 7) is 0.925. The Kier molecular flexibility index (Phi) is 3.56. The molecule has 1 aliphatic rings. The first-order valence-corrected chi connectivity index (χ1v) is 5.73. The Hall–Kier alpha value is -1.36. The Balaban J connectivity index is 2.08. The summed E-state index contributed by atoms with van der Waals surface area (Å²) in [4.78, 5) is 14.0. The molecule has 0 spiro atoms. The predicted octanol–water partition coefficient (Wildman–Crippen LogP) is 0.787. The number of hydrogen-bond acceptors (Lipinski definition) is 3. The van der Waals surface area contributed by atoms with Gasteiger partial charge in [0.25, 0.3) is 5.91 Å². The molecule has 0 bridgehead atoms. The molecule has 1 saturated heterocycles. The van der Waals surface area contributed by atoms with E-state index in [1.54, 1.807) is 12.4 Å². The van der Waals surface area contributed by atoms with Crippen LogP contribution >= 0.6 is 0 Å². The average molecular weight is 223 g/mol. The molecule has 0 saturated carbocycles. The van der Waals surface area contributed by atoms with Crippen molar-refractivity contribution in [3.63, 3.8) is 0 Å². The first-order valence-electron chi connectivity index (χ1n) is 5.73. The third kappa shape index (κ3) is 2.24. The number of aliphatic hydroxyl groups excluding tert-OH is 1. The van der Waals surface area contributed by atoms with Crippen LogP contribution in [0.5, 0.6) is 0 Å². The van der Waals surface area contributed by atoms with Gasteiger partial charge in [0.15, 0.2) is 0 Å². The van der Waals surface area contributed by atoms with Crippen LogP contribution in [-0.4, -0.2) is 45.3 Å². The second-order valence-electron chi connectivity index (χ2n) is 4.15. The van der Waals surface area contributed by atoms with Crippen LogP contribution in [0.3, 0.4) is 0 Å². The molecule has 5 nitrogen and oxygen atoms in total. The van der Waals surface area contributed by atoms with Crippen LogP contribution in [0.1, 0.15) is 36.0 Å². The number of carbonyl (C=O) groups excluding carboxylic acids is 1. The molecule has 16 heavy (non-hydrogen) atoms. The first-order chi connectivity index (χ1) is 7.83. The molecule has 0 aromatic carbocycles. The van der Waals surface area contributed by atoms with Crippen LogP contribution in [0.4, 0.5) is 0 Å². The number of aromatic nitrogens is 2. The second-order valence-corrected chi connectivity index (χ2v) is 4.15. The summed E-state index contributed by atoms with van der Waals surface area (Å²) in [5, 5.41) is 15.4. The molecule has 88 valence electrons. The molecule has 1 aliphatic heterocycles. The van der Waals surface area contributed by atoms with Gasteiger partial charge in [-0.05, 0) is 25.7 Å². The molecule has 1 fully saturated rings. The molecular weight excluding hydrogens is 206 g/mol. The van der Waals surface area contributed by atoms with E-state index < -0.39 is 0 Å². The number of nitrogens with one attached hydrogen (secondary N) is 1. The largest absolute Gasteiger partial charge is 0.396 e. The number of aromatic amines is 1. The number of piperidine rings is 1. The van der Waals surface area contributed by atoms with E-state index in [2.05, 4.69) is 10.2 Å². The SMILES string of the molecule is O=C(c1cn[nH]c1)N1CCCCC1CCO. The van der Waals surface area contributed by atoms with E-state index in [4.69, 9.17) is 5.11 Å². The quantitative estimate of drug-likeness (QED) is 0.795. The van der Waals surface area contributed by atoms with Crippen LogP contribution in [0.25, 0.3) is 0 Å². The monoisotopic (exact) mass is 223 g/mol. The van der Waals surface area contributed by atoms with Crippen molar-refractivity contribution in [2.24, 2.45) is 0 Å². The van der Waals surface area contributed by atoms with Gasteiger partial charge in [-0.15, -0.1) is 0 Å². The summed E-state index contributed by atoms with van der Waals surface area (Å²) in [7, 11) is 0. The molecular formula is C11H17N3O2. The zero-order valence-electron chi connectivity index (χ0n) is 9.22. The highest BCUT2D eigenvalue weighted by atomic mass is 16.3. The van der Waals surface area contributed by atoms with Crippen molar-refractivity contribution in [1.82, 2.24) is 15.1 Å². The highest BCUT2D eigenvalue weighted by Crippen LogP contribution is 2.21. The zero-order chi connectivity index (χ0) is 11.4. The Morgan fingerprint density at radius 3 is 3.19 bits per heavy atom. The highest BCUT2D eigenvalue weighted by Gasteiger charge is 2.27. The lowest BCUT2D eigenvalue weighted by atomic mass is 9.99. The van der Waals surface area contributed by atoms with Gasteiger partial charge >= 0.3 is 0 Å². The maximum absolute atomic E-state index is 12.1. The minimum atomic E-state index is 0.0203. The Labute approximate surface area is 94.5 Å². The number of H-pyrrole nitrogens is 1. The van der Waals surface area contributed by atoms with Gasteiger partial charge in [-0.3, -0.25) is 9.89 Å². The van der Waals surface area contributed by atoms with E-state index in [1.165, 1.54) is 0 Å². The molecule has 1 amide bonds. The summed E-state index contributed by atoms with van der Waals surface area (Å²) in [6, 6.07) is 0.182. The molecule has 5 heteroatoms. The van der Waals surface area contributed by atoms with Crippen molar-refractivity contribution < 1.29 is 9.90 Å². The van der Waals surface area contributed by atoms with E-state index in [9.17, 15) is 4.79 Å². The summed E-state index contributed by atoms with van der Waals surface area (Å²) < 4.78 is 0. The molecule has 1 atom stereocenters. The van der Waals surface area contributed by atoms with Crippen molar-refractivity contribution in [2.45, 2.75) is 31.7 Å². The van der Waals surface area contributed by atoms with E-state index in [0.29, 0.717) is 12.0 Å². The molecule has 1 aromatic rings. The second kappa shape index (κ2) is 5.12. The summed E-state index contributed by atoms with van der Waals surface area (Å²) in [5.74, 6) is 0.0203. The fourth-order valence-corrected chi connectivity index (χ4v) is 2.25. The predicted molar refractivity (Wildman–Crippen MR) is 59.0 cm³/mol. The number of likely N-dealkylation sites (tertiary alicyclic amines) is 1. The Morgan fingerprint density at radius 1 is 1.62 bits per heavy atom. The number of aliphatic hydroxyl groups is 1. The van der Waals surface area contributed by atoms with Gasteiger partial charge in [0.2, 0.25) is 0 Å². The minimum Gasteiger partial charge on any atom is -0.396 e. The smallest absolute Gasteiger partial charge is 0.257 e. The van der Waals surface area contributed by atoms with Crippen molar-refractivity contribution in [1.29, 1.82) is 0 Å². The Morgan fingerprint density at radius 2 is 2.50 bits per heavy atom. The first kappa shape index (κ1) is 11.1. The fraction of sp³-hybridized carbons (Fsp3) is 0.636. The van der Waals surface area contributed by atoms with Crippen LogP contribution in [0.15, 0.2) is 12.4 Å². The lowest BCUT2D eigenvalue weighted by molar-refractivity contribution is 0.0574. The standard InChI is InChI=1S/C11H17N3O2/c15-6-4-10-3-1-2-5-14(10)11(16)9-7-12-13-8-9/h7-8,10,15H,1-6H2,(H,12,13). The fourth-order valence-electron chi connectivity index (χ4n) is 2.25. The van der Waals surface area contributed by atoms with E-state index in [0.717, 1.165) is 25.8 Å². The minimum absolute atomic E-state index is 0.0203. The van der Waals surface area contributed by atoms with Crippen molar-refractivity contribution in [3.05, 3.63) is 18.0 Å². The van der Waals surface area contributed by atoms with Gasteiger partial charge < -0.3 is 10.0 Å². The van der Waals surface area contributed by atoms with Gasteiger partial charge in [0.05, 0.1) is 11.8 Å². The average Bonchev–Trinajstić information content (AvgIpc) is 2.83. The molecule has 0 aliphatic carbocycles. The maximum Gasteiger partial charge on any atom is 0.257 e. The molecule has 2 heterocycles. The lowest BCUT2D eigenvalue weighted by Crippen LogP contribution is -2.44. The van der Waals surface area contributed by atoms with Gasteiger partial charge in [-0.2, -0.15) is 5.10 Å². The van der Waals surface area contributed by atoms with Crippen molar-refractivity contribution in [2.75, 3.05) is 13.2 Å². The van der Waals surface area contributed by atoms with E-state index >= 15 is 0 Å². The van der Waals surface area contributed by atoms with Crippen molar-refractivity contribution >= 4 is 5.91 Å². The maximum atomic E-state index is 12.1. The van der Waals surface area contributed by atoms with Crippen LogP contribution in [0, 0.1) is 0 Å².